The van der Waals surface area contributed by atoms with Gasteiger partial charge in [0.2, 0.25) is 0 Å². The average molecular weight is 373 g/mol. The van der Waals surface area contributed by atoms with Crippen LogP contribution in [-0.2, 0) is 6.54 Å². The number of hydrogen-bond acceptors (Lipinski definition) is 2. The van der Waals surface area contributed by atoms with Crippen molar-refractivity contribution in [1.82, 2.24) is 4.57 Å². The van der Waals surface area contributed by atoms with Crippen molar-refractivity contribution in [3.8, 4) is 17.3 Å². The molecule has 0 aliphatic rings. The van der Waals surface area contributed by atoms with Crippen molar-refractivity contribution in [2.75, 3.05) is 0 Å². The Labute approximate surface area is 153 Å². The quantitative estimate of drug-likeness (QED) is 0.657. The summed E-state index contributed by atoms with van der Waals surface area (Å²) >= 11 is 12.0. The van der Waals surface area contributed by atoms with E-state index in [1.54, 1.807) is 36.4 Å². The molecule has 0 aliphatic carbocycles. The van der Waals surface area contributed by atoms with Gasteiger partial charge in [-0.25, -0.2) is 4.39 Å². The molecule has 0 fully saturated rings. The zero-order valence-corrected chi connectivity index (χ0v) is 14.4. The van der Waals surface area contributed by atoms with Crippen molar-refractivity contribution >= 4 is 23.2 Å². The molecule has 0 amide bonds. The number of aromatic nitrogens is 1. The van der Waals surface area contributed by atoms with Crippen LogP contribution < -0.4 is 5.56 Å². The molecular formula is C19H11Cl2FN2O. The second-order valence-corrected chi connectivity index (χ2v) is 6.21. The van der Waals surface area contributed by atoms with Gasteiger partial charge in [-0.3, -0.25) is 4.79 Å². The van der Waals surface area contributed by atoms with Crippen LogP contribution in [0.5, 0.6) is 0 Å². The first-order valence-electron chi connectivity index (χ1n) is 7.33. The Hall–Kier alpha value is -2.61. The van der Waals surface area contributed by atoms with Crippen molar-refractivity contribution < 1.29 is 4.39 Å². The number of halogens is 3. The molecule has 6 heteroatoms. The Morgan fingerprint density at radius 3 is 2.36 bits per heavy atom. The van der Waals surface area contributed by atoms with Crippen LogP contribution in [0.2, 0.25) is 10.0 Å². The third-order valence-electron chi connectivity index (χ3n) is 3.76. The topological polar surface area (TPSA) is 45.8 Å². The lowest BCUT2D eigenvalue weighted by molar-refractivity contribution is 0.628. The third kappa shape index (κ3) is 3.58. The zero-order chi connectivity index (χ0) is 18.0. The fourth-order valence-corrected chi connectivity index (χ4v) is 2.83. The van der Waals surface area contributed by atoms with E-state index in [-0.39, 0.29) is 17.9 Å². The van der Waals surface area contributed by atoms with Gasteiger partial charge in [-0.2, -0.15) is 5.26 Å². The molecule has 0 N–H and O–H groups in total. The number of hydrogen-bond donors (Lipinski definition) is 0. The monoisotopic (exact) mass is 372 g/mol. The molecular weight excluding hydrogens is 362 g/mol. The molecule has 0 saturated carbocycles. The first-order valence-corrected chi connectivity index (χ1v) is 8.09. The van der Waals surface area contributed by atoms with Gasteiger partial charge in [0, 0.05) is 0 Å². The summed E-state index contributed by atoms with van der Waals surface area (Å²) in [5, 5.41) is 9.94. The Kier molecular flexibility index (Phi) is 4.89. The Morgan fingerprint density at radius 2 is 1.72 bits per heavy atom. The van der Waals surface area contributed by atoms with E-state index in [2.05, 4.69) is 0 Å². The normalized spacial score (nSPS) is 10.5. The molecule has 0 radical (unpaired) electrons. The second-order valence-electron chi connectivity index (χ2n) is 5.39. The van der Waals surface area contributed by atoms with Crippen LogP contribution in [0, 0.1) is 17.1 Å². The summed E-state index contributed by atoms with van der Waals surface area (Å²) < 4.78 is 14.7. The van der Waals surface area contributed by atoms with E-state index in [0.717, 1.165) is 5.56 Å². The summed E-state index contributed by atoms with van der Waals surface area (Å²) in [6.07, 6.45) is 0. The minimum Gasteiger partial charge on any atom is -0.303 e. The third-order valence-corrected chi connectivity index (χ3v) is 4.50. The number of benzene rings is 2. The van der Waals surface area contributed by atoms with Gasteiger partial charge >= 0.3 is 0 Å². The van der Waals surface area contributed by atoms with Crippen LogP contribution in [-0.4, -0.2) is 4.57 Å². The highest BCUT2D eigenvalue weighted by Crippen LogP contribution is 2.24. The molecule has 124 valence electrons. The summed E-state index contributed by atoms with van der Waals surface area (Å²) in [6, 6.07) is 15.9. The summed E-state index contributed by atoms with van der Waals surface area (Å²) in [5.41, 5.74) is 1.62. The first kappa shape index (κ1) is 17.2. The second kappa shape index (κ2) is 7.10. The maximum Gasteiger partial charge on any atom is 0.269 e. The summed E-state index contributed by atoms with van der Waals surface area (Å²) in [6.45, 7) is 0.206. The molecule has 3 nitrogen and oxygen atoms in total. The van der Waals surface area contributed by atoms with Crippen LogP contribution in [0.4, 0.5) is 4.39 Å². The number of nitriles is 1. The molecule has 2 aromatic carbocycles. The molecule has 25 heavy (non-hydrogen) atoms. The lowest BCUT2D eigenvalue weighted by atomic mass is 10.1. The van der Waals surface area contributed by atoms with Gasteiger partial charge in [-0.05, 0) is 59.7 Å². The molecule has 0 aliphatic heterocycles. The smallest absolute Gasteiger partial charge is 0.269 e. The predicted molar refractivity (Wildman–Crippen MR) is 96.4 cm³/mol. The Bertz CT molecular complexity index is 1040. The summed E-state index contributed by atoms with van der Waals surface area (Å²) in [5.74, 6) is -0.365. The SMILES string of the molecule is N#Cc1ccc(-c2ccc(F)cc2)n(Cc2ccc(Cl)c(Cl)c2)c1=O. The molecule has 0 bridgehead atoms. The van der Waals surface area contributed by atoms with Gasteiger partial charge in [0.1, 0.15) is 17.4 Å². The molecule has 0 spiro atoms. The fourth-order valence-electron chi connectivity index (χ4n) is 2.51. The zero-order valence-electron chi connectivity index (χ0n) is 12.8. The van der Waals surface area contributed by atoms with Crippen LogP contribution in [0.15, 0.2) is 59.4 Å². The van der Waals surface area contributed by atoms with Gasteiger partial charge < -0.3 is 4.57 Å². The minimum absolute atomic E-state index is 0.0333. The molecule has 3 rings (SSSR count). The molecule has 1 heterocycles. The van der Waals surface area contributed by atoms with Crippen molar-refractivity contribution in [3.63, 3.8) is 0 Å². The maximum absolute atomic E-state index is 13.2. The van der Waals surface area contributed by atoms with Gasteiger partial charge in [0.15, 0.2) is 0 Å². The molecule has 0 atom stereocenters. The minimum atomic E-state index is -0.421. The van der Waals surface area contributed by atoms with Crippen molar-refractivity contribution in [2.45, 2.75) is 6.54 Å². The lowest BCUT2D eigenvalue weighted by Gasteiger charge is -2.14. The van der Waals surface area contributed by atoms with Crippen LogP contribution in [0.1, 0.15) is 11.1 Å². The van der Waals surface area contributed by atoms with E-state index in [1.165, 1.54) is 22.8 Å². The largest absolute Gasteiger partial charge is 0.303 e. The van der Waals surface area contributed by atoms with Crippen LogP contribution in [0.3, 0.4) is 0 Å². The van der Waals surface area contributed by atoms with E-state index in [9.17, 15) is 9.18 Å². The summed E-state index contributed by atoms with van der Waals surface area (Å²) in [4.78, 5) is 12.6. The van der Waals surface area contributed by atoms with E-state index >= 15 is 0 Å². The lowest BCUT2D eigenvalue weighted by Crippen LogP contribution is -2.24. The van der Waals surface area contributed by atoms with Crippen molar-refractivity contribution in [2.24, 2.45) is 0 Å². The van der Waals surface area contributed by atoms with Crippen LogP contribution in [0.25, 0.3) is 11.3 Å². The predicted octanol–water partition coefficient (Wildman–Crippen LogP) is 4.88. The molecule has 3 aromatic rings. The number of pyridine rings is 1. The molecule has 1 aromatic heterocycles. The van der Waals surface area contributed by atoms with E-state index in [4.69, 9.17) is 28.5 Å². The van der Waals surface area contributed by atoms with Gasteiger partial charge in [-0.15, -0.1) is 0 Å². The highest BCUT2D eigenvalue weighted by atomic mass is 35.5. The first-order chi connectivity index (χ1) is 12.0. The highest BCUT2D eigenvalue weighted by Gasteiger charge is 2.12. The summed E-state index contributed by atoms with van der Waals surface area (Å²) in [7, 11) is 0. The van der Waals surface area contributed by atoms with E-state index < -0.39 is 5.56 Å². The highest BCUT2D eigenvalue weighted by molar-refractivity contribution is 6.42. The van der Waals surface area contributed by atoms with Gasteiger partial charge in [0.05, 0.1) is 22.3 Å². The van der Waals surface area contributed by atoms with E-state index in [0.29, 0.717) is 21.3 Å². The van der Waals surface area contributed by atoms with E-state index in [1.807, 2.05) is 6.07 Å². The van der Waals surface area contributed by atoms with Crippen molar-refractivity contribution in [3.05, 3.63) is 91.9 Å². The Morgan fingerprint density at radius 1 is 1.00 bits per heavy atom. The molecule has 0 unspecified atom stereocenters. The van der Waals surface area contributed by atoms with Crippen molar-refractivity contribution in [1.29, 1.82) is 5.26 Å². The van der Waals surface area contributed by atoms with Crippen LogP contribution >= 0.6 is 23.2 Å². The maximum atomic E-state index is 13.2. The molecule has 0 saturated heterocycles. The average Bonchev–Trinajstić information content (AvgIpc) is 2.61. The number of rotatable bonds is 3. The van der Waals surface area contributed by atoms with Gasteiger partial charge in [-0.1, -0.05) is 29.3 Å². The van der Waals surface area contributed by atoms with Gasteiger partial charge in [0.25, 0.3) is 5.56 Å². The Balaban J connectivity index is 2.15. The fraction of sp³-hybridized carbons (Fsp3) is 0.0526. The number of nitrogens with zero attached hydrogens (tertiary/aromatic N) is 2. The standard InChI is InChI=1S/C19H11Cl2FN2O/c20-16-7-1-12(9-17(16)21)11-24-18(8-4-14(10-23)19(24)25)13-2-5-15(22)6-3-13/h1-9H,11H2.